The fourth-order valence-electron chi connectivity index (χ4n) is 8.97. The lowest BCUT2D eigenvalue weighted by atomic mass is 9.78. The average Bonchev–Trinajstić information content (AvgIpc) is 3.78. The Labute approximate surface area is 347 Å². The third-order valence-corrected chi connectivity index (χ3v) is 12.4. The highest BCUT2D eigenvalue weighted by atomic mass is 16.7. The Morgan fingerprint density at radius 3 is 2.49 bits per heavy atom. The number of amides is 2. The van der Waals surface area contributed by atoms with Crippen molar-refractivity contribution < 1.29 is 48.0 Å². The molecule has 328 valence electrons. The average molecular weight is 828 g/mol. The molecule has 3 aliphatic rings. The normalized spacial score (nSPS) is 36.4. The maximum absolute atomic E-state index is 14.4. The second-order valence-corrected chi connectivity index (χ2v) is 17.2. The molecule has 3 N–H and O–H groups in total. The maximum atomic E-state index is 14.4. The highest BCUT2D eigenvalue weighted by molar-refractivity contribution is 6.00. The minimum atomic E-state index is -1.44. The number of aryl methyl sites for hydroxylation is 1. The summed E-state index contributed by atoms with van der Waals surface area (Å²) in [5.74, 6) is -4.55. The molecular formula is C42H65N7O10. The van der Waals surface area contributed by atoms with E-state index in [4.69, 9.17) is 23.7 Å². The van der Waals surface area contributed by atoms with Crippen LogP contribution in [0, 0.1) is 17.8 Å². The fraction of sp³-hybridized carbons (Fsp3) is 0.714. The summed E-state index contributed by atoms with van der Waals surface area (Å²) in [5.41, 5.74) is 2.19. The highest BCUT2D eigenvalue weighted by Crippen LogP contribution is 2.39. The number of aliphatic hydroxyl groups excluding tert-OH is 1. The number of hydrogen-bond donors (Lipinski definition) is 3. The van der Waals surface area contributed by atoms with Crippen molar-refractivity contribution in [2.24, 2.45) is 17.8 Å². The first-order chi connectivity index (χ1) is 27.8. The van der Waals surface area contributed by atoms with Crippen molar-refractivity contribution in [3.63, 3.8) is 0 Å². The van der Waals surface area contributed by atoms with Gasteiger partial charge in [0.25, 0.3) is 0 Å². The van der Waals surface area contributed by atoms with Crippen LogP contribution >= 0.6 is 0 Å². The number of rotatable bonds is 11. The third-order valence-electron chi connectivity index (χ3n) is 12.4. The van der Waals surface area contributed by atoms with Gasteiger partial charge in [-0.05, 0) is 86.5 Å². The molecule has 3 fully saturated rings. The van der Waals surface area contributed by atoms with Gasteiger partial charge in [0.2, 0.25) is 5.91 Å². The van der Waals surface area contributed by atoms with Crippen LogP contribution in [0.1, 0.15) is 81.1 Å². The van der Waals surface area contributed by atoms with E-state index in [0.29, 0.717) is 25.9 Å². The summed E-state index contributed by atoms with van der Waals surface area (Å²) in [6, 6.07) is 1.95. The molecule has 3 aliphatic heterocycles. The van der Waals surface area contributed by atoms with Gasteiger partial charge < -0.3 is 43.6 Å². The number of nitrogens with one attached hydrogen (secondary N) is 2. The molecule has 0 saturated carbocycles. The molecule has 1 unspecified atom stereocenters. The van der Waals surface area contributed by atoms with Crippen molar-refractivity contribution >= 4 is 23.8 Å². The Balaban J connectivity index is 1.41. The van der Waals surface area contributed by atoms with E-state index in [0.717, 1.165) is 11.3 Å². The SMILES string of the molecule is CC[C@@H]1OC(=O)[C@H](C)C(=O)[C@@H](C)[C@@H](O[C@@H]2O[C@H](C)C[C@H](N(C)C)[C@H]2O)[C@@](C)(OC)C[C@@H](C)C(=O)NC(C)[C@H]2N(NCCCn3cnc(-c4cccnc4)c3)C(=O)O[C@]12C. The second kappa shape index (κ2) is 19.1. The van der Waals surface area contributed by atoms with E-state index in [9.17, 15) is 24.3 Å². The topological polar surface area (TPSA) is 196 Å². The number of fused-ring (bicyclic) bond motifs is 1. The minimum Gasteiger partial charge on any atom is -0.457 e. The predicted molar refractivity (Wildman–Crippen MR) is 216 cm³/mol. The van der Waals surface area contributed by atoms with E-state index in [1.165, 1.54) is 19.0 Å². The molecule has 0 aromatic carbocycles. The first-order valence-electron chi connectivity index (χ1n) is 20.8. The van der Waals surface area contributed by atoms with Gasteiger partial charge >= 0.3 is 12.1 Å². The Morgan fingerprint density at radius 2 is 1.85 bits per heavy atom. The maximum Gasteiger partial charge on any atom is 0.425 e. The van der Waals surface area contributed by atoms with Crippen molar-refractivity contribution in [2.45, 2.75) is 148 Å². The first kappa shape index (κ1) is 46.1. The van der Waals surface area contributed by atoms with Crippen LogP contribution in [0.25, 0.3) is 11.3 Å². The summed E-state index contributed by atoms with van der Waals surface area (Å²) in [6.45, 7) is 14.7. The van der Waals surface area contributed by atoms with Gasteiger partial charge in [-0.25, -0.2) is 20.2 Å². The Bertz CT molecular complexity index is 1760. The van der Waals surface area contributed by atoms with E-state index in [2.05, 4.69) is 20.7 Å². The molecule has 0 bridgehead atoms. The number of cyclic esters (lactones) is 1. The van der Waals surface area contributed by atoms with Gasteiger partial charge in [-0.3, -0.25) is 19.4 Å². The standard InChI is InChI=1S/C42H65N7O10/c1-12-32-42(8)35(49(40(54)59-42)45-17-14-18-48-22-30(44-23-48)29-15-13-16-43-21-29)28(6)46-37(52)24(2)20-41(7,55-11)36(26(4)33(50)27(5)38(53)57-32)58-39-34(51)31(47(9)10)19-25(3)56-39/h13,15-16,21-28,31-32,34-36,39,45,51H,12,14,17-20H2,1-11H3,(H,46,52)/t24-,25-,26-,27-,28?,31+,32+,34-,35-,36-,39+,41+,42-/m1/s1. The molecule has 13 atom stereocenters. The van der Waals surface area contributed by atoms with Gasteiger partial charge in [0.05, 0.1) is 35.9 Å². The van der Waals surface area contributed by atoms with Crippen LogP contribution in [0.5, 0.6) is 0 Å². The molecule has 0 radical (unpaired) electrons. The van der Waals surface area contributed by atoms with Crippen LogP contribution < -0.4 is 10.7 Å². The lowest BCUT2D eigenvalue weighted by Gasteiger charge is -2.46. The number of pyridine rings is 1. The second-order valence-electron chi connectivity index (χ2n) is 17.2. The first-order valence-corrected chi connectivity index (χ1v) is 20.8. The van der Waals surface area contributed by atoms with Crippen molar-refractivity contribution in [2.75, 3.05) is 27.7 Å². The van der Waals surface area contributed by atoms with Crippen LogP contribution in [0.3, 0.4) is 0 Å². The molecular weight excluding hydrogens is 763 g/mol. The molecule has 2 aromatic heterocycles. The number of likely N-dealkylation sites (N-methyl/N-ethyl adjacent to an activating group) is 1. The summed E-state index contributed by atoms with van der Waals surface area (Å²) in [7, 11) is 5.21. The Kier molecular flexibility index (Phi) is 15.0. The number of carbonyl (C=O) groups excluding carboxylic acids is 4. The van der Waals surface area contributed by atoms with Gasteiger partial charge in [-0.2, -0.15) is 0 Å². The van der Waals surface area contributed by atoms with E-state index in [1.807, 2.05) is 48.8 Å². The molecule has 0 aliphatic carbocycles. The van der Waals surface area contributed by atoms with Crippen LogP contribution in [0.15, 0.2) is 37.1 Å². The van der Waals surface area contributed by atoms with Crippen molar-refractivity contribution in [3.05, 3.63) is 37.1 Å². The third kappa shape index (κ3) is 9.97. The Hall–Kier alpha value is -4.00. The van der Waals surface area contributed by atoms with Crippen LogP contribution in [-0.4, -0.2) is 141 Å². The minimum absolute atomic E-state index is 0.0896. The van der Waals surface area contributed by atoms with E-state index >= 15 is 0 Å². The van der Waals surface area contributed by atoms with Crippen molar-refractivity contribution in [1.29, 1.82) is 0 Å². The Morgan fingerprint density at radius 1 is 1.12 bits per heavy atom. The van der Waals surface area contributed by atoms with Crippen LogP contribution in [-0.2, 0) is 44.6 Å². The summed E-state index contributed by atoms with van der Waals surface area (Å²) >= 11 is 0. The van der Waals surface area contributed by atoms with Crippen molar-refractivity contribution in [3.8, 4) is 11.3 Å². The van der Waals surface area contributed by atoms with Crippen LogP contribution in [0.4, 0.5) is 4.79 Å². The number of ether oxygens (including phenoxy) is 5. The molecule has 17 nitrogen and oxygen atoms in total. The molecule has 2 aromatic rings. The highest BCUT2D eigenvalue weighted by Gasteiger charge is 2.59. The molecule has 0 spiro atoms. The zero-order chi connectivity index (χ0) is 43.4. The number of aliphatic hydroxyl groups is 1. The molecule has 17 heteroatoms. The fourth-order valence-corrected chi connectivity index (χ4v) is 8.97. The van der Waals surface area contributed by atoms with Crippen molar-refractivity contribution in [1.82, 2.24) is 35.2 Å². The molecule has 3 saturated heterocycles. The summed E-state index contributed by atoms with van der Waals surface area (Å²) in [5, 5.41) is 15.9. The smallest absolute Gasteiger partial charge is 0.425 e. The number of esters is 1. The summed E-state index contributed by atoms with van der Waals surface area (Å²) < 4.78 is 33.0. The predicted octanol–water partition coefficient (Wildman–Crippen LogP) is 3.34. The monoisotopic (exact) mass is 827 g/mol. The number of hydrogen-bond acceptors (Lipinski definition) is 14. The van der Waals surface area contributed by atoms with Gasteiger partial charge in [0.15, 0.2) is 17.7 Å². The number of imidazole rings is 1. The zero-order valence-electron chi connectivity index (χ0n) is 36.4. The molecule has 5 heterocycles. The van der Waals surface area contributed by atoms with E-state index < -0.39 is 83.5 Å². The number of aromatic nitrogens is 3. The lowest BCUT2D eigenvalue weighted by molar-refractivity contribution is -0.295. The van der Waals surface area contributed by atoms with Gasteiger partial charge in [-0.15, -0.1) is 0 Å². The number of Topliss-reactive ketones (excluding diaryl/α,β-unsaturated/α-hetero) is 1. The lowest BCUT2D eigenvalue weighted by Crippen LogP contribution is -2.63. The van der Waals surface area contributed by atoms with E-state index in [-0.39, 0.29) is 30.9 Å². The van der Waals surface area contributed by atoms with E-state index in [1.54, 1.807) is 60.3 Å². The largest absolute Gasteiger partial charge is 0.457 e. The number of carbonyl (C=O) groups is 4. The molecule has 2 amide bonds. The number of methoxy groups -OCH3 is 1. The molecule has 59 heavy (non-hydrogen) atoms. The number of nitrogens with zero attached hydrogens (tertiary/aromatic N) is 5. The van der Waals surface area contributed by atoms with Crippen LogP contribution in [0.2, 0.25) is 0 Å². The summed E-state index contributed by atoms with van der Waals surface area (Å²) in [4.78, 5) is 66.8. The van der Waals surface area contributed by atoms with Gasteiger partial charge in [0.1, 0.15) is 24.2 Å². The zero-order valence-corrected chi connectivity index (χ0v) is 36.4. The quantitative estimate of drug-likeness (QED) is 0.170. The number of hydrazine groups is 1. The number of ketones is 1. The summed E-state index contributed by atoms with van der Waals surface area (Å²) in [6.07, 6.45) is 3.42. The van der Waals surface area contributed by atoms with Gasteiger partial charge in [0, 0.05) is 62.2 Å². The molecule has 5 rings (SSSR count). The van der Waals surface area contributed by atoms with Gasteiger partial charge in [-0.1, -0.05) is 20.8 Å².